The molecule has 0 saturated carbocycles. The molecule has 0 saturated heterocycles. The van der Waals surface area contributed by atoms with Gasteiger partial charge in [0.25, 0.3) is 0 Å². The van der Waals surface area contributed by atoms with E-state index in [-0.39, 0.29) is 0 Å². The molecule has 0 fully saturated rings. The highest BCUT2D eigenvalue weighted by Gasteiger charge is 2.02. The maximum atomic E-state index is 5.93. The SMILES string of the molecule is CCc1csc(CSc2cccc(Cl)c2)n1. The molecule has 1 aromatic carbocycles. The molecule has 0 atom stereocenters. The van der Waals surface area contributed by atoms with E-state index in [9.17, 15) is 0 Å². The first-order valence-corrected chi connectivity index (χ1v) is 7.34. The number of rotatable bonds is 4. The largest absolute Gasteiger partial charge is 0.245 e. The van der Waals surface area contributed by atoms with E-state index in [1.165, 1.54) is 15.6 Å². The van der Waals surface area contributed by atoms with E-state index in [1.54, 1.807) is 23.1 Å². The number of benzene rings is 1. The van der Waals surface area contributed by atoms with Gasteiger partial charge in [-0.1, -0.05) is 24.6 Å². The molecule has 0 radical (unpaired) electrons. The van der Waals surface area contributed by atoms with Crippen LogP contribution in [0.1, 0.15) is 17.6 Å². The zero-order valence-corrected chi connectivity index (χ0v) is 11.3. The third kappa shape index (κ3) is 3.24. The molecule has 0 unspecified atom stereocenters. The van der Waals surface area contributed by atoms with E-state index in [1.807, 2.05) is 18.2 Å². The fourth-order valence-corrected chi connectivity index (χ4v) is 3.38. The summed E-state index contributed by atoms with van der Waals surface area (Å²) in [6, 6.07) is 7.93. The normalized spacial score (nSPS) is 10.6. The third-order valence-corrected chi connectivity index (χ3v) is 4.44. The minimum Gasteiger partial charge on any atom is -0.245 e. The fraction of sp³-hybridized carbons (Fsp3) is 0.250. The van der Waals surface area contributed by atoms with Crippen molar-refractivity contribution in [2.24, 2.45) is 0 Å². The van der Waals surface area contributed by atoms with Gasteiger partial charge in [-0.2, -0.15) is 0 Å². The average molecular weight is 270 g/mol. The summed E-state index contributed by atoms with van der Waals surface area (Å²) in [5, 5.41) is 4.11. The Hall–Kier alpha value is -0.510. The Morgan fingerprint density at radius 2 is 2.31 bits per heavy atom. The standard InChI is InChI=1S/C12H12ClNS2/c1-2-10-7-16-12(14-10)8-15-11-5-3-4-9(13)6-11/h3-7H,2,8H2,1H3. The summed E-state index contributed by atoms with van der Waals surface area (Å²) in [6.45, 7) is 2.13. The summed E-state index contributed by atoms with van der Waals surface area (Å²) in [6.07, 6.45) is 1.01. The van der Waals surface area contributed by atoms with Gasteiger partial charge in [-0.25, -0.2) is 4.98 Å². The quantitative estimate of drug-likeness (QED) is 0.750. The molecule has 0 amide bonds. The van der Waals surface area contributed by atoms with Gasteiger partial charge in [0, 0.05) is 15.3 Å². The van der Waals surface area contributed by atoms with Crippen molar-refractivity contribution >= 4 is 34.7 Å². The smallest absolute Gasteiger partial charge is 0.103 e. The Morgan fingerprint density at radius 1 is 1.44 bits per heavy atom. The third-order valence-electron chi connectivity index (χ3n) is 2.12. The number of thiazole rings is 1. The Labute approximate surface area is 109 Å². The Balaban J connectivity index is 1.96. The first-order valence-electron chi connectivity index (χ1n) is 5.09. The van der Waals surface area contributed by atoms with Crippen LogP contribution in [0.25, 0.3) is 0 Å². The summed E-state index contributed by atoms with van der Waals surface area (Å²) in [7, 11) is 0. The number of aromatic nitrogens is 1. The first kappa shape index (κ1) is 12.0. The van der Waals surface area contributed by atoms with Gasteiger partial charge in [-0.3, -0.25) is 0 Å². The van der Waals surface area contributed by atoms with Gasteiger partial charge in [-0.15, -0.1) is 23.1 Å². The lowest BCUT2D eigenvalue weighted by molar-refractivity contribution is 1.04. The van der Waals surface area contributed by atoms with Crippen LogP contribution < -0.4 is 0 Å². The molecule has 0 N–H and O–H groups in total. The minimum atomic E-state index is 0.790. The number of aryl methyl sites for hydroxylation is 1. The number of hydrogen-bond donors (Lipinski definition) is 0. The predicted octanol–water partition coefficient (Wildman–Crippen LogP) is 4.65. The van der Waals surface area contributed by atoms with Crippen LogP contribution >= 0.6 is 34.7 Å². The van der Waals surface area contributed by atoms with Gasteiger partial charge in [-0.05, 0) is 24.6 Å². The van der Waals surface area contributed by atoms with E-state index in [0.29, 0.717) is 0 Å². The Kier molecular flexibility index (Phi) is 4.27. The lowest BCUT2D eigenvalue weighted by atomic mass is 10.4. The van der Waals surface area contributed by atoms with Crippen molar-refractivity contribution in [1.82, 2.24) is 4.98 Å². The van der Waals surface area contributed by atoms with Crippen LogP contribution in [0.4, 0.5) is 0 Å². The van der Waals surface area contributed by atoms with E-state index in [2.05, 4.69) is 23.4 Å². The van der Waals surface area contributed by atoms with E-state index in [0.717, 1.165) is 17.2 Å². The molecule has 0 spiro atoms. The highest BCUT2D eigenvalue weighted by atomic mass is 35.5. The molecule has 4 heteroatoms. The number of halogens is 1. The molecule has 0 aliphatic carbocycles. The molecular formula is C12H12ClNS2. The number of nitrogens with zero attached hydrogens (tertiary/aromatic N) is 1. The van der Waals surface area contributed by atoms with Crippen LogP contribution in [0.15, 0.2) is 34.5 Å². The van der Waals surface area contributed by atoms with E-state index in [4.69, 9.17) is 11.6 Å². The van der Waals surface area contributed by atoms with Crippen LogP contribution in [-0.2, 0) is 12.2 Å². The van der Waals surface area contributed by atoms with Crippen molar-refractivity contribution in [2.75, 3.05) is 0 Å². The minimum absolute atomic E-state index is 0.790. The first-order chi connectivity index (χ1) is 7.78. The summed E-state index contributed by atoms with van der Waals surface area (Å²) in [5.74, 6) is 0.922. The maximum absolute atomic E-state index is 5.93. The zero-order valence-electron chi connectivity index (χ0n) is 8.94. The van der Waals surface area contributed by atoms with Crippen LogP contribution in [0.2, 0.25) is 5.02 Å². The van der Waals surface area contributed by atoms with Gasteiger partial charge in [0.2, 0.25) is 0 Å². The van der Waals surface area contributed by atoms with Gasteiger partial charge in [0.1, 0.15) is 5.01 Å². The predicted molar refractivity (Wildman–Crippen MR) is 72.5 cm³/mol. The van der Waals surface area contributed by atoms with Crippen LogP contribution in [0.5, 0.6) is 0 Å². The second-order valence-electron chi connectivity index (χ2n) is 3.33. The lowest BCUT2D eigenvalue weighted by Crippen LogP contribution is -1.82. The van der Waals surface area contributed by atoms with Gasteiger partial charge >= 0.3 is 0 Å². The fourth-order valence-electron chi connectivity index (χ4n) is 1.28. The van der Waals surface area contributed by atoms with Crippen molar-refractivity contribution in [2.45, 2.75) is 24.0 Å². The molecule has 0 aliphatic rings. The summed E-state index contributed by atoms with van der Waals surface area (Å²) in [4.78, 5) is 5.73. The van der Waals surface area contributed by atoms with Crippen LogP contribution in [0.3, 0.4) is 0 Å². The highest BCUT2D eigenvalue weighted by molar-refractivity contribution is 7.98. The van der Waals surface area contributed by atoms with E-state index < -0.39 is 0 Å². The second-order valence-corrected chi connectivity index (χ2v) is 5.76. The monoisotopic (exact) mass is 269 g/mol. The van der Waals surface area contributed by atoms with E-state index >= 15 is 0 Å². The zero-order chi connectivity index (χ0) is 11.4. The van der Waals surface area contributed by atoms with Gasteiger partial charge in [0.15, 0.2) is 0 Å². The van der Waals surface area contributed by atoms with Gasteiger partial charge in [0.05, 0.1) is 11.4 Å². The highest BCUT2D eigenvalue weighted by Crippen LogP contribution is 2.26. The summed E-state index contributed by atoms with van der Waals surface area (Å²) >= 11 is 9.43. The summed E-state index contributed by atoms with van der Waals surface area (Å²) in [5.41, 5.74) is 1.19. The summed E-state index contributed by atoms with van der Waals surface area (Å²) < 4.78 is 0. The molecule has 1 nitrogen and oxygen atoms in total. The van der Waals surface area contributed by atoms with Crippen LogP contribution in [0, 0.1) is 0 Å². The number of thioether (sulfide) groups is 1. The topological polar surface area (TPSA) is 12.9 Å². The molecule has 84 valence electrons. The molecule has 0 bridgehead atoms. The lowest BCUT2D eigenvalue weighted by Gasteiger charge is -1.99. The molecular weight excluding hydrogens is 258 g/mol. The molecule has 0 aliphatic heterocycles. The van der Waals surface area contributed by atoms with Crippen LogP contribution in [-0.4, -0.2) is 4.98 Å². The number of hydrogen-bond acceptors (Lipinski definition) is 3. The van der Waals surface area contributed by atoms with Crippen molar-refractivity contribution < 1.29 is 0 Å². The Morgan fingerprint density at radius 3 is 3.00 bits per heavy atom. The average Bonchev–Trinajstić information content (AvgIpc) is 2.74. The van der Waals surface area contributed by atoms with Gasteiger partial charge < -0.3 is 0 Å². The molecule has 2 aromatic rings. The van der Waals surface area contributed by atoms with Crippen molar-refractivity contribution in [3.05, 3.63) is 45.4 Å². The van der Waals surface area contributed by atoms with Crippen molar-refractivity contribution in [3.63, 3.8) is 0 Å². The van der Waals surface area contributed by atoms with Crippen molar-refractivity contribution in [3.8, 4) is 0 Å². The molecule has 16 heavy (non-hydrogen) atoms. The molecule has 1 heterocycles. The van der Waals surface area contributed by atoms with Crippen molar-refractivity contribution in [1.29, 1.82) is 0 Å². The Bertz CT molecular complexity index is 468. The maximum Gasteiger partial charge on any atom is 0.103 e. The molecule has 2 rings (SSSR count). The molecule has 1 aromatic heterocycles. The second kappa shape index (κ2) is 5.71.